The Morgan fingerprint density at radius 2 is 1.95 bits per heavy atom. The summed E-state index contributed by atoms with van der Waals surface area (Å²) in [5, 5.41) is 0. The van der Waals surface area contributed by atoms with Gasteiger partial charge in [0, 0.05) is 25.0 Å². The fraction of sp³-hybridized carbons (Fsp3) is 0.235. The topological polar surface area (TPSA) is 31.2 Å². The van der Waals surface area contributed by atoms with Crippen molar-refractivity contribution in [2.75, 3.05) is 7.11 Å². The zero-order valence-electron chi connectivity index (χ0n) is 11.7. The number of aromatic nitrogens is 1. The minimum absolute atomic E-state index is 0.0645. The van der Waals surface area contributed by atoms with E-state index in [1.807, 2.05) is 29.9 Å². The monoisotopic (exact) mass is 267 g/mol. The minimum atomic E-state index is -0.0645. The predicted molar refractivity (Wildman–Crippen MR) is 80.9 cm³/mol. The van der Waals surface area contributed by atoms with Crippen LogP contribution < -0.4 is 10.2 Å². The normalized spacial score (nSPS) is 13.6. The van der Waals surface area contributed by atoms with Crippen molar-refractivity contribution in [1.29, 1.82) is 0 Å². The van der Waals surface area contributed by atoms with Gasteiger partial charge >= 0.3 is 0 Å². The van der Waals surface area contributed by atoms with Gasteiger partial charge in [-0.3, -0.25) is 4.79 Å². The Balaban J connectivity index is 2.13. The van der Waals surface area contributed by atoms with Gasteiger partial charge in [0.2, 0.25) is 5.43 Å². The minimum Gasteiger partial charge on any atom is -0.491 e. The lowest BCUT2D eigenvalue weighted by Crippen LogP contribution is -2.11. The maximum Gasteiger partial charge on any atom is 0.231 e. The number of methoxy groups -OCH3 is 1. The quantitative estimate of drug-likeness (QED) is 0.855. The second kappa shape index (κ2) is 5.00. The number of benzene rings is 1. The van der Waals surface area contributed by atoms with E-state index in [1.54, 1.807) is 6.20 Å². The largest absolute Gasteiger partial charge is 0.491 e. The van der Waals surface area contributed by atoms with Crippen molar-refractivity contribution in [3.05, 3.63) is 58.5 Å². The standard InChI is InChI=1S/C17H17NO2/c1-18-10-15(17(19)16(11-18)20-2)14-8-4-7-13(9-14)12-5-3-6-12/h4-5,7-11H,3,6H2,1-2H3. The van der Waals surface area contributed by atoms with E-state index in [4.69, 9.17) is 4.74 Å². The molecule has 0 unspecified atom stereocenters. The van der Waals surface area contributed by atoms with Crippen LogP contribution >= 0.6 is 0 Å². The van der Waals surface area contributed by atoms with Crippen molar-refractivity contribution in [3.63, 3.8) is 0 Å². The fourth-order valence-corrected chi connectivity index (χ4v) is 2.46. The Bertz CT molecular complexity index is 741. The average Bonchev–Trinajstić information content (AvgIpc) is 2.39. The first-order valence-electron chi connectivity index (χ1n) is 6.73. The molecule has 0 amide bonds. The van der Waals surface area contributed by atoms with Gasteiger partial charge in [0.15, 0.2) is 5.75 Å². The third-order valence-electron chi connectivity index (χ3n) is 3.69. The SMILES string of the molecule is COc1cn(C)cc(-c2cccc(C3=CCC3)c2)c1=O. The Morgan fingerprint density at radius 1 is 1.20 bits per heavy atom. The van der Waals surface area contributed by atoms with Gasteiger partial charge in [-0.2, -0.15) is 0 Å². The highest BCUT2D eigenvalue weighted by Crippen LogP contribution is 2.31. The third kappa shape index (κ3) is 2.16. The zero-order chi connectivity index (χ0) is 14.1. The summed E-state index contributed by atoms with van der Waals surface area (Å²) in [6.45, 7) is 0. The van der Waals surface area contributed by atoms with Gasteiger partial charge in [-0.25, -0.2) is 0 Å². The summed E-state index contributed by atoms with van der Waals surface area (Å²) in [6.07, 6.45) is 8.06. The molecule has 0 saturated carbocycles. The van der Waals surface area contributed by atoms with Crippen LogP contribution in [0.4, 0.5) is 0 Å². The Morgan fingerprint density at radius 3 is 2.60 bits per heavy atom. The second-order valence-corrected chi connectivity index (χ2v) is 5.08. The van der Waals surface area contributed by atoms with Gasteiger partial charge in [0.1, 0.15) is 0 Å². The molecule has 0 bridgehead atoms. The number of pyridine rings is 1. The third-order valence-corrected chi connectivity index (χ3v) is 3.69. The van der Waals surface area contributed by atoms with Crippen LogP contribution in [0.3, 0.4) is 0 Å². The molecule has 0 atom stereocenters. The smallest absolute Gasteiger partial charge is 0.231 e. The van der Waals surface area contributed by atoms with Crippen molar-refractivity contribution in [2.45, 2.75) is 12.8 Å². The number of allylic oxidation sites excluding steroid dienone is 2. The number of rotatable bonds is 3. The van der Waals surface area contributed by atoms with Crippen LogP contribution in [-0.4, -0.2) is 11.7 Å². The summed E-state index contributed by atoms with van der Waals surface area (Å²) in [5.74, 6) is 0.373. The lowest BCUT2D eigenvalue weighted by Gasteiger charge is -2.15. The molecule has 3 nitrogen and oxygen atoms in total. The van der Waals surface area contributed by atoms with Crippen molar-refractivity contribution in [2.24, 2.45) is 7.05 Å². The number of hydrogen-bond acceptors (Lipinski definition) is 2. The van der Waals surface area contributed by atoms with Crippen molar-refractivity contribution < 1.29 is 4.74 Å². The molecule has 1 heterocycles. The highest BCUT2D eigenvalue weighted by atomic mass is 16.5. The molecule has 1 aromatic heterocycles. The van der Waals surface area contributed by atoms with Gasteiger partial charge in [-0.05, 0) is 35.6 Å². The lowest BCUT2D eigenvalue weighted by molar-refractivity contribution is 0.406. The lowest BCUT2D eigenvalue weighted by atomic mass is 9.90. The van der Waals surface area contributed by atoms with E-state index in [9.17, 15) is 4.79 Å². The van der Waals surface area contributed by atoms with E-state index >= 15 is 0 Å². The van der Waals surface area contributed by atoms with Crippen molar-refractivity contribution in [3.8, 4) is 16.9 Å². The van der Waals surface area contributed by atoms with E-state index in [2.05, 4.69) is 18.2 Å². The zero-order valence-corrected chi connectivity index (χ0v) is 11.7. The molecule has 2 aromatic rings. The molecule has 1 aliphatic carbocycles. The number of hydrogen-bond donors (Lipinski definition) is 0. The van der Waals surface area contributed by atoms with Crippen LogP contribution in [-0.2, 0) is 7.05 Å². The van der Waals surface area contributed by atoms with E-state index in [-0.39, 0.29) is 5.43 Å². The molecule has 0 aliphatic heterocycles. The number of nitrogens with zero attached hydrogens (tertiary/aromatic N) is 1. The molecule has 0 fully saturated rings. The van der Waals surface area contributed by atoms with Crippen molar-refractivity contribution in [1.82, 2.24) is 4.57 Å². The molecule has 0 spiro atoms. The average molecular weight is 267 g/mol. The first kappa shape index (κ1) is 12.7. The molecule has 102 valence electrons. The molecule has 1 aliphatic rings. The summed E-state index contributed by atoms with van der Waals surface area (Å²) < 4.78 is 7.01. The van der Waals surface area contributed by atoms with Crippen molar-refractivity contribution >= 4 is 5.57 Å². The first-order valence-corrected chi connectivity index (χ1v) is 6.73. The Hall–Kier alpha value is -2.29. The summed E-state index contributed by atoms with van der Waals surface area (Å²) >= 11 is 0. The summed E-state index contributed by atoms with van der Waals surface area (Å²) in [5.41, 5.74) is 4.12. The second-order valence-electron chi connectivity index (χ2n) is 5.08. The summed E-state index contributed by atoms with van der Waals surface area (Å²) in [7, 11) is 3.42. The van der Waals surface area contributed by atoms with E-state index in [0.29, 0.717) is 11.3 Å². The molecule has 0 saturated heterocycles. The van der Waals surface area contributed by atoms with Crippen LogP contribution in [0.1, 0.15) is 18.4 Å². The van der Waals surface area contributed by atoms with Gasteiger partial charge in [-0.15, -0.1) is 0 Å². The van der Waals surface area contributed by atoms with Crippen LogP contribution in [0.25, 0.3) is 16.7 Å². The summed E-state index contributed by atoms with van der Waals surface area (Å²) in [4.78, 5) is 12.4. The number of aryl methyl sites for hydroxylation is 1. The molecular weight excluding hydrogens is 250 g/mol. The molecule has 1 aromatic carbocycles. The highest BCUT2D eigenvalue weighted by molar-refractivity contribution is 5.75. The van der Waals surface area contributed by atoms with E-state index in [0.717, 1.165) is 18.4 Å². The van der Waals surface area contributed by atoms with E-state index in [1.165, 1.54) is 18.2 Å². The van der Waals surface area contributed by atoms with Gasteiger partial charge in [0.25, 0.3) is 0 Å². The summed E-state index contributed by atoms with van der Waals surface area (Å²) in [6, 6.07) is 8.15. The van der Waals surface area contributed by atoms with Crippen LogP contribution in [0.2, 0.25) is 0 Å². The fourth-order valence-electron chi connectivity index (χ4n) is 2.46. The van der Waals surface area contributed by atoms with Crippen LogP contribution in [0.5, 0.6) is 5.75 Å². The Labute approximate surface area is 118 Å². The molecule has 3 rings (SSSR count). The first-order chi connectivity index (χ1) is 9.69. The molecule has 0 radical (unpaired) electrons. The van der Waals surface area contributed by atoms with E-state index < -0.39 is 0 Å². The molecule has 0 N–H and O–H groups in total. The number of ether oxygens (including phenoxy) is 1. The van der Waals surface area contributed by atoms with Crippen LogP contribution in [0.15, 0.2) is 47.5 Å². The molecular formula is C17H17NO2. The predicted octanol–water partition coefficient (Wildman–Crippen LogP) is 3.24. The van der Waals surface area contributed by atoms with Gasteiger partial charge in [0.05, 0.1) is 7.11 Å². The maximum atomic E-state index is 12.4. The van der Waals surface area contributed by atoms with Gasteiger partial charge in [-0.1, -0.05) is 24.3 Å². The van der Waals surface area contributed by atoms with Gasteiger partial charge < -0.3 is 9.30 Å². The Kier molecular flexibility index (Phi) is 3.18. The molecule has 3 heteroatoms. The maximum absolute atomic E-state index is 12.4. The van der Waals surface area contributed by atoms with Crippen LogP contribution in [0, 0.1) is 0 Å². The molecule has 20 heavy (non-hydrogen) atoms. The highest BCUT2D eigenvalue weighted by Gasteiger charge is 2.12.